The maximum atomic E-state index is 12.8. The summed E-state index contributed by atoms with van der Waals surface area (Å²) in [6.07, 6.45) is -0.378. The SMILES string of the molecule is CCOC(=O)N1CCN(C(=O)c2cccc(NS(=O)(=O)c3ccc(C)cc3)c2)CC1. The number of piperazine rings is 1. The summed E-state index contributed by atoms with van der Waals surface area (Å²) in [6.45, 7) is 5.50. The maximum Gasteiger partial charge on any atom is 0.409 e. The lowest BCUT2D eigenvalue weighted by atomic mass is 10.1. The van der Waals surface area contributed by atoms with Gasteiger partial charge in [0.1, 0.15) is 0 Å². The maximum absolute atomic E-state index is 12.8. The number of sulfonamides is 1. The Bertz CT molecular complexity index is 1010. The fraction of sp³-hybridized carbons (Fsp3) is 0.333. The first-order valence-corrected chi connectivity index (χ1v) is 11.2. The van der Waals surface area contributed by atoms with E-state index in [-0.39, 0.29) is 16.9 Å². The van der Waals surface area contributed by atoms with Gasteiger partial charge in [-0.2, -0.15) is 0 Å². The number of carbonyl (C=O) groups is 2. The molecule has 2 amide bonds. The molecule has 0 atom stereocenters. The lowest BCUT2D eigenvalue weighted by Crippen LogP contribution is -2.50. The monoisotopic (exact) mass is 431 g/mol. The van der Waals surface area contributed by atoms with Crippen molar-refractivity contribution in [3.8, 4) is 0 Å². The second-order valence-electron chi connectivity index (χ2n) is 6.98. The molecule has 0 aliphatic carbocycles. The highest BCUT2D eigenvalue weighted by atomic mass is 32.2. The molecular formula is C21H25N3O5S. The normalized spacial score (nSPS) is 14.3. The van der Waals surface area contributed by atoms with Gasteiger partial charge in [-0.05, 0) is 44.2 Å². The summed E-state index contributed by atoms with van der Waals surface area (Å²) in [7, 11) is -3.75. The summed E-state index contributed by atoms with van der Waals surface area (Å²) >= 11 is 0. The van der Waals surface area contributed by atoms with Crippen molar-refractivity contribution in [2.24, 2.45) is 0 Å². The van der Waals surface area contributed by atoms with Gasteiger partial charge in [-0.25, -0.2) is 13.2 Å². The number of aryl methyl sites for hydroxylation is 1. The Kier molecular flexibility index (Phi) is 6.61. The molecule has 0 radical (unpaired) electrons. The van der Waals surface area contributed by atoms with Crippen molar-refractivity contribution in [3.63, 3.8) is 0 Å². The quantitative estimate of drug-likeness (QED) is 0.785. The highest BCUT2D eigenvalue weighted by Gasteiger charge is 2.25. The molecule has 2 aromatic rings. The number of nitrogens with zero attached hydrogens (tertiary/aromatic N) is 2. The van der Waals surface area contributed by atoms with Crippen molar-refractivity contribution in [1.29, 1.82) is 0 Å². The van der Waals surface area contributed by atoms with E-state index in [1.165, 1.54) is 18.2 Å². The molecule has 1 aliphatic heterocycles. The summed E-state index contributed by atoms with van der Waals surface area (Å²) in [6, 6.07) is 12.9. The number of amides is 2. The van der Waals surface area contributed by atoms with Crippen LogP contribution in [0.1, 0.15) is 22.8 Å². The third-order valence-electron chi connectivity index (χ3n) is 4.79. The molecule has 1 saturated heterocycles. The molecule has 1 heterocycles. The van der Waals surface area contributed by atoms with Crippen molar-refractivity contribution in [3.05, 3.63) is 59.7 Å². The topological polar surface area (TPSA) is 96.0 Å². The average Bonchev–Trinajstić information content (AvgIpc) is 2.74. The number of hydrogen-bond acceptors (Lipinski definition) is 5. The van der Waals surface area contributed by atoms with Crippen LogP contribution in [0.5, 0.6) is 0 Å². The second-order valence-corrected chi connectivity index (χ2v) is 8.66. The molecule has 0 aromatic heterocycles. The third-order valence-corrected chi connectivity index (χ3v) is 6.18. The van der Waals surface area contributed by atoms with E-state index in [9.17, 15) is 18.0 Å². The van der Waals surface area contributed by atoms with Gasteiger partial charge in [0.15, 0.2) is 0 Å². The van der Waals surface area contributed by atoms with Gasteiger partial charge in [0.25, 0.3) is 15.9 Å². The van der Waals surface area contributed by atoms with Gasteiger partial charge in [0.2, 0.25) is 0 Å². The Labute approximate surface area is 176 Å². The first kappa shape index (κ1) is 21.6. The highest BCUT2D eigenvalue weighted by Crippen LogP contribution is 2.19. The van der Waals surface area contributed by atoms with E-state index in [4.69, 9.17) is 4.74 Å². The average molecular weight is 432 g/mol. The van der Waals surface area contributed by atoms with Crippen molar-refractivity contribution >= 4 is 27.7 Å². The van der Waals surface area contributed by atoms with Crippen molar-refractivity contribution in [2.45, 2.75) is 18.7 Å². The molecule has 30 heavy (non-hydrogen) atoms. The minimum absolute atomic E-state index is 0.153. The molecule has 2 aromatic carbocycles. The molecule has 0 saturated carbocycles. The Morgan fingerprint density at radius 2 is 1.63 bits per heavy atom. The van der Waals surface area contributed by atoms with Crippen LogP contribution in [0.4, 0.5) is 10.5 Å². The van der Waals surface area contributed by atoms with Crippen molar-refractivity contribution in [2.75, 3.05) is 37.5 Å². The minimum Gasteiger partial charge on any atom is -0.450 e. The number of nitrogens with one attached hydrogen (secondary N) is 1. The molecule has 0 bridgehead atoms. The number of benzene rings is 2. The second kappa shape index (κ2) is 9.17. The van der Waals surface area contributed by atoms with Crippen LogP contribution in [0.2, 0.25) is 0 Å². The smallest absolute Gasteiger partial charge is 0.409 e. The lowest BCUT2D eigenvalue weighted by molar-refractivity contribution is 0.0570. The van der Waals surface area contributed by atoms with Crippen LogP contribution in [0.25, 0.3) is 0 Å². The van der Waals surface area contributed by atoms with E-state index in [1.807, 2.05) is 6.92 Å². The van der Waals surface area contributed by atoms with Gasteiger partial charge in [0, 0.05) is 37.4 Å². The van der Waals surface area contributed by atoms with E-state index >= 15 is 0 Å². The molecule has 9 heteroatoms. The zero-order chi connectivity index (χ0) is 21.7. The van der Waals surface area contributed by atoms with Crippen LogP contribution in [0.15, 0.2) is 53.4 Å². The molecule has 160 valence electrons. The third kappa shape index (κ3) is 5.10. The zero-order valence-corrected chi connectivity index (χ0v) is 17.8. The van der Waals surface area contributed by atoms with Crippen LogP contribution in [-0.4, -0.2) is 63.0 Å². The van der Waals surface area contributed by atoms with Gasteiger partial charge >= 0.3 is 6.09 Å². The predicted octanol–water partition coefficient (Wildman–Crippen LogP) is 2.71. The minimum atomic E-state index is -3.75. The molecule has 1 N–H and O–H groups in total. The summed E-state index contributed by atoms with van der Waals surface area (Å²) in [4.78, 5) is 28.0. The van der Waals surface area contributed by atoms with E-state index < -0.39 is 10.0 Å². The molecule has 0 spiro atoms. The molecular weight excluding hydrogens is 406 g/mol. The predicted molar refractivity (Wildman–Crippen MR) is 113 cm³/mol. The number of ether oxygens (including phenoxy) is 1. The van der Waals surface area contributed by atoms with E-state index in [2.05, 4.69) is 4.72 Å². The van der Waals surface area contributed by atoms with E-state index in [1.54, 1.807) is 47.1 Å². The van der Waals surface area contributed by atoms with Gasteiger partial charge in [-0.1, -0.05) is 23.8 Å². The Hall–Kier alpha value is -3.07. The fourth-order valence-electron chi connectivity index (χ4n) is 3.14. The van der Waals surface area contributed by atoms with Crippen LogP contribution in [0.3, 0.4) is 0 Å². The summed E-state index contributed by atoms with van der Waals surface area (Å²) in [5.41, 5.74) is 1.65. The van der Waals surface area contributed by atoms with Gasteiger partial charge in [0.05, 0.1) is 11.5 Å². The van der Waals surface area contributed by atoms with Crippen LogP contribution < -0.4 is 4.72 Å². The van der Waals surface area contributed by atoms with E-state index in [0.717, 1.165) is 5.56 Å². The Morgan fingerprint density at radius 1 is 1.00 bits per heavy atom. The Balaban J connectivity index is 1.67. The Morgan fingerprint density at radius 3 is 2.27 bits per heavy atom. The number of hydrogen-bond donors (Lipinski definition) is 1. The molecule has 0 unspecified atom stereocenters. The first-order chi connectivity index (χ1) is 14.3. The first-order valence-electron chi connectivity index (χ1n) is 9.70. The van der Waals surface area contributed by atoms with Gasteiger partial charge in [-0.15, -0.1) is 0 Å². The fourth-order valence-corrected chi connectivity index (χ4v) is 4.19. The van der Waals surface area contributed by atoms with Crippen LogP contribution >= 0.6 is 0 Å². The summed E-state index contributed by atoms with van der Waals surface area (Å²) < 4.78 is 32.7. The summed E-state index contributed by atoms with van der Waals surface area (Å²) in [5.74, 6) is -0.213. The highest BCUT2D eigenvalue weighted by molar-refractivity contribution is 7.92. The molecule has 3 rings (SSSR count). The molecule has 8 nitrogen and oxygen atoms in total. The van der Waals surface area contributed by atoms with Crippen LogP contribution in [0, 0.1) is 6.92 Å². The van der Waals surface area contributed by atoms with E-state index in [0.29, 0.717) is 44.0 Å². The van der Waals surface area contributed by atoms with Gasteiger partial charge in [-0.3, -0.25) is 9.52 Å². The number of anilines is 1. The molecule has 1 fully saturated rings. The standard InChI is InChI=1S/C21H25N3O5S/c1-3-29-21(26)24-13-11-23(12-14-24)20(25)17-5-4-6-18(15-17)22-30(27,28)19-9-7-16(2)8-10-19/h4-10,15,22H,3,11-14H2,1-2H3. The number of rotatable bonds is 5. The zero-order valence-electron chi connectivity index (χ0n) is 17.0. The summed E-state index contributed by atoms with van der Waals surface area (Å²) in [5, 5.41) is 0. The van der Waals surface area contributed by atoms with Crippen LogP contribution in [-0.2, 0) is 14.8 Å². The number of carbonyl (C=O) groups excluding carboxylic acids is 2. The largest absolute Gasteiger partial charge is 0.450 e. The van der Waals surface area contributed by atoms with Crippen molar-refractivity contribution < 1.29 is 22.7 Å². The lowest BCUT2D eigenvalue weighted by Gasteiger charge is -2.34. The molecule has 1 aliphatic rings. The van der Waals surface area contributed by atoms with Gasteiger partial charge < -0.3 is 14.5 Å². The van der Waals surface area contributed by atoms with Crippen molar-refractivity contribution in [1.82, 2.24) is 9.80 Å².